The van der Waals surface area contributed by atoms with Crippen LogP contribution in [-0.4, -0.2) is 49.8 Å². The molecule has 5 rings (SSSR count). The van der Waals surface area contributed by atoms with Gasteiger partial charge in [-0.1, -0.05) is 18.2 Å². The minimum atomic E-state index is -0.0170. The Morgan fingerprint density at radius 3 is 2.33 bits per heavy atom. The van der Waals surface area contributed by atoms with Gasteiger partial charge in [0.05, 0.1) is 39.3 Å². The van der Waals surface area contributed by atoms with Crippen LogP contribution in [0.4, 0.5) is 0 Å². The highest BCUT2D eigenvalue weighted by Crippen LogP contribution is 2.31. The van der Waals surface area contributed by atoms with Gasteiger partial charge in [0.25, 0.3) is 0 Å². The normalized spacial score (nSPS) is 10.9. The first-order valence-corrected chi connectivity index (χ1v) is 14.4. The van der Waals surface area contributed by atoms with Crippen molar-refractivity contribution in [3.8, 4) is 45.4 Å². The molecule has 0 aliphatic heterocycles. The summed E-state index contributed by atoms with van der Waals surface area (Å²) < 4.78 is 23.9. The summed E-state index contributed by atoms with van der Waals surface area (Å²) >= 11 is 0. The summed E-state index contributed by atoms with van der Waals surface area (Å²) in [5.74, 6) is 2.95. The first-order valence-electron chi connectivity index (χ1n) is 14.4. The van der Waals surface area contributed by atoms with E-state index in [2.05, 4.69) is 28.0 Å². The van der Waals surface area contributed by atoms with Gasteiger partial charge >= 0.3 is 0 Å². The fourth-order valence-electron chi connectivity index (χ4n) is 5.12. The second-order valence-corrected chi connectivity index (χ2v) is 10.0. The number of nitrogens with one attached hydrogen (secondary N) is 1. The van der Waals surface area contributed by atoms with Crippen LogP contribution < -0.4 is 24.3 Å². The summed E-state index contributed by atoms with van der Waals surface area (Å²) in [4.78, 5) is 18.0. The number of ether oxygens (including phenoxy) is 4. The van der Waals surface area contributed by atoms with Crippen LogP contribution in [0.1, 0.15) is 24.6 Å². The van der Waals surface area contributed by atoms with Gasteiger partial charge < -0.3 is 28.7 Å². The summed E-state index contributed by atoms with van der Waals surface area (Å²) in [7, 11) is 4.88. The molecule has 0 spiro atoms. The van der Waals surface area contributed by atoms with Crippen LogP contribution in [0.2, 0.25) is 0 Å². The molecule has 0 fully saturated rings. The number of aryl methyl sites for hydroxylation is 1. The molecule has 8 nitrogen and oxygen atoms in total. The van der Waals surface area contributed by atoms with Gasteiger partial charge in [-0.3, -0.25) is 4.79 Å². The minimum Gasteiger partial charge on any atom is -0.497 e. The molecule has 0 bridgehead atoms. The number of amides is 1. The lowest BCUT2D eigenvalue weighted by atomic mass is 10.1. The van der Waals surface area contributed by atoms with Gasteiger partial charge in [0.15, 0.2) is 11.5 Å². The average molecular weight is 580 g/mol. The fourth-order valence-corrected chi connectivity index (χ4v) is 5.12. The Hall–Kier alpha value is -4.98. The summed E-state index contributed by atoms with van der Waals surface area (Å²) in [6, 6.07) is 25.8. The van der Waals surface area contributed by atoms with Gasteiger partial charge in [-0.25, -0.2) is 4.98 Å². The molecular weight excluding hydrogens is 542 g/mol. The van der Waals surface area contributed by atoms with Gasteiger partial charge in [-0.15, -0.1) is 0 Å². The zero-order valence-electron chi connectivity index (χ0n) is 25.1. The number of methoxy groups -OCH3 is 3. The highest BCUT2D eigenvalue weighted by molar-refractivity contribution is 5.77. The van der Waals surface area contributed by atoms with E-state index < -0.39 is 0 Å². The maximum Gasteiger partial charge on any atom is 0.220 e. The summed E-state index contributed by atoms with van der Waals surface area (Å²) in [5, 5.41) is 3.07. The molecule has 5 aromatic rings. The molecule has 1 N–H and O–H groups in total. The number of aromatic nitrogens is 2. The zero-order chi connectivity index (χ0) is 30.2. The third-order valence-electron chi connectivity index (χ3n) is 7.33. The van der Waals surface area contributed by atoms with E-state index in [4.69, 9.17) is 23.9 Å². The predicted octanol–water partition coefficient (Wildman–Crippen LogP) is 6.38. The van der Waals surface area contributed by atoms with E-state index in [1.54, 1.807) is 21.3 Å². The molecule has 0 saturated heterocycles. The first-order chi connectivity index (χ1) is 21.0. The quantitative estimate of drug-likeness (QED) is 0.174. The first kappa shape index (κ1) is 29.5. The number of hydrogen-bond donors (Lipinski definition) is 1. The lowest BCUT2D eigenvalue weighted by Gasteiger charge is -2.11. The SMILES string of the molecule is CCOc1cccc(-c2ccc3nc(-c4ccc(OC)cc4)c(CCC(=O)NCCc4ccc(OC)c(OC)c4)n3c2)c1. The largest absolute Gasteiger partial charge is 0.497 e. The van der Waals surface area contributed by atoms with E-state index in [1.165, 1.54) is 0 Å². The van der Waals surface area contributed by atoms with E-state index in [1.807, 2.05) is 73.7 Å². The Labute approximate surface area is 252 Å². The number of carbonyl (C=O) groups excluding carboxylic acids is 1. The molecule has 2 aromatic heterocycles. The monoisotopic (exact) mass is 579 g/mol. The Morgan fingerprint density at radius 2 is 1.58 bits per heavy atom. The molecule has 2 heterocycles. The number of hydrogen-bond acceptors (Lipinski definition) is 6. The lowest BCUT2D eigenvalue weighted by molar-refractivity contribution is -0.121. The molecule has 0 aliphatic carbocycles. The number of nitrogens with zero attached hydrogens (tertiary/aromatic N) is 2. The third kappa shape index (κ3) is 6.92. The standard InChI is InChI=1S/C35H37N3O5/c1-5-43-29-8-6-7-26(22-29)27-12-17-33-37-35(25-10-13-28(40-2)14-11-25)30(38(33)23-27)15-18-34(39)36-20-19-24-9-16-31(41-3)32(21-24)42-4/h6-14,16-17,21-23H,5,15,18-20H2,1-4H3,(H,36,39). The van der Waals surface area contributed by atoms with Gasteiger partial charge in [0.1, 0.15) is 17.1 Å². The molecule has 0 saturated carbocycles. The molecule has 222 valence electrons. The van der Waals surface area contributed by atoms with Crippen molar-refractivity contribution < 1.29 is 23.7 Å². The second-order valence-electron chi connectivity index (χ2n) is 10.0. The van der Waals surface area contributed by atoms with E-state index in [0.717, 1.165) is 50.8 Å². The van der Waals surface area contributed by atoms with Crippen LogP contribution in [-0.2, 0) is 17.6 Å². The molecular formula is C35H37N3O5. The van der Waals surface area contributed by atoms with E-state index in [0.29, 0.717) is 43.9 Å². The summed E-state index contributed by atoms with van der Waals surface area (Å²) in [6.45, 7) is 3.10. The number of pyridine rings is 1. The lowest BCUT2D eigenvalue weighted by Crippen LogP contribution is -2.26. The number of fused-ring (bicyclic) bond motifs is 1. The number of rotatable bonds is 13. The van der Waals surface area contributed by atoms with Crippen molar-refractivity contribution in [2.45, 2.75) is 26.2 Å². The highest BCUT2D eigenvalue weighted by atomic mass is 16.5. The molecule has 8 heteroatoms. The molecule has 0 unspecified atom stereocenters. The highest BCUT2D eigenvalue weighted by Gasteiger charge is 2.17. The zero-order valence-corrected chi connectivity index (χ0v) is 25.1. The molecule has 43 heavy (non-hydrogen) atoms. The molecule has 1 amide bonds. The van der Waals surface area contributed by atoms with Crippen LogP contribution in [0, 0.1) is 0 Å². The van der Waals surface area contributed by atoms with Crippen molar-refractivity contribution in [3.05, 3.63) is 96.3 Å². The number of imidazole rings is 1. The average Bonchev–Trinajstić information content (AvgIpc) is 3.41. The van der Waals surface area contributed by atoms with Crippen molar-refractivity contribution in [2.75, 3.05) is 34.5 Å². The van der Waals surface area contributed by atoms with Crippen LogP contribution >= 0.6 is 0 Å². The topological polar surface area (TPSA) is 83.3 Å². The second kappa shape index (κ2) is 13.8. The summed E-state index contributed by atoms with van der Waals surface area (Å²) in [5.41, 5.74) is 6.74. The van der Waals surface area contributed by atoms with Crippen LogP contribution in [0.15, 0.2) is 85.1 Å². The van der Waals surface area contributed by atoms with Gasteiger partial charge in [-0.2, -0.15) is 0 Å². The number of benzene rings is 3. The van der Waals surface area contributed by atoms with E-state index in [9.17, 15) is 4.79 Å². The summed E-state index contributed by atoms with van der Waals surface area (Å²) in [6.07, 6.45) is 3.62. The van der Waals surface area contributed by atoms with Gasteiger partial charge in [0, 0.05) is 24.7 Å². The molecule has 0 atom stereocenters. The maximum atomic E-state index is 13.0. The van der Waals surface area contributed by atoms with Crippen molar-refractivity contribution >= 4 is 11.6 Å². The van der Waals surface area contributed by atoms with Crippen molar-refractivity contribution in [3.63, 3.8) is 0 Å². The Bertz CT molecular complexity index is 1690. The Balaban J connectivity index is 1.37. The third-order valence-corrected chi connectivity index (χ3v) is 7.33. The van der Waals surface area contributed by atoms with Crippen LogP contribution in [0.25, 0.3) is 28.0 Å². The molecule has 3 aromatic carbocycles. The van der Waals surface area contributed by atoms with Gasteiger partial charge in [0.2, 0.25) is 5.91 Å². The van der Waals surface area contributed by atoms with E-state index >= 15 is 0 Å². The fraction of sp³-hybridized carbons (Fsp3) is 0.257. The maximum absolute atomic E-state index is 13.0. The molecule has 0 radical (unpaired) electrons. The Morgan fingerprint density at radius 1 is 0.791 bits per heavy atom. The number of carbonyl (C=O) groups is 1. The van der Waals surface area contributed by atoms with Crippen molar-refractivity contribution in [1.82, 2.24) is 14.7 Å². The van der Waals surface area contributed by atoms with Gasteiger partial charge in [-0.05, 0) is 97.1 Å². The van der Waals surface area contributed by atoms with Crippen molar-refractivity contribution in [2.24, 2.45) is 0 Å². The van der Waals surface area contributed by atoms with Crippen LogP contribution in [0.5, 0.6) is 23.0 Å². The van der Waals surface area contributed by atoms with Crippen LogP contribution in [0.3, 0.4) is 0 Å². The van der Waals surface area contributed by atoms with Crippen molar-refractivity contribution in [1.29, 1.82) is 0 Å². The smallest absolute Gasteiger partial charge is 0.220 e. The van der Waals surface area contributed by atoms with E-state index in [-0.39, 0.29) is 5.91 Å². The minimum absolute atomic E-state index is 0.0170. The predicted molar refractivity (Wildman–Crippen MR) is 168 cm³/mol. The molecule has 0 aliphatic rings. The Kier molecular flexibility index (Phi) is 9.46.